The zero-order valence-electron chi connectivity index (χ0n) is 16.4. The van der Waals surface area contributed by atoms with E-state index < -0.39 is 30.0 Å². The van der Waals surface area contributed by atoms with Crippen molar-refractivity contribution in [3.05, 3.63) is 71.5 Å². The molecule has 3 N–H and O–H groups in total. The first-order chi connectivity index (χ1) is 14.0. The first kappa shape index (κ1) is 21.4. The van der Waals surface area contributed by atoms with Crippen LogP contribution in [0.3, 0.4) is 0 Å². The molecule has 6 nitrogen and oxygen atoms in total. The van der Waals surface area contributed by atoms with Gasteiger partial charge >= 0.3 is 0 Å². The lowest BCUT2D eigenvalue weighted by Gasteiger charge is -2.30. The Hall–Kier alpha value is -2.32. The number of likely N-dealkylation sites (N-methyl/N-ethyl adjacent to an activating group) is 1. The van der Waals surface area contributed by atoms with Crippen molar-refractivity contribution in [3.63, 3.8) is 0 Å². The van der Waals surface area contributed by atoms with Gasteiger partial charge in [0, 0.05) is 18.7 Å². The molecule has 0 aromatic heterocycles. The van der Waals surface area contributed by atoms with E-state index in [1.807, 2.05) is 42.3 Å². The number of benzene rings is 2. The van der Waals surface area contributed by atoms with Crippen molar-refractivity contribution in [2.45, 2.75) is 30.8 Å². The molecule has 1 heterocycles. The van der Waals surface area contributed by atoms with Gasteiger partial charge in [-0.15, -0.1) is 0 Å². The van der Waals surface area contributed by atoms with Crippen LogP contribution in [0.2, 0.25) is 0 Å². The molecular weight excluding hydrogens is 375 g/mol. The number of amides is 1. The zero-order valence-corrected chi connectivity index (χ0v) is 16.4. The minimum absolute atomic E-state index is 0.142. The van der Waals surface area contributed by atoms with Crippen LogP contribution in [0.4, 0.5) is 4.39 Å². The second kappa shape index (κ2) is 9.93. The number of nitrogens with zero attached hydrogens (tertiary/aromatic N) is 1. The molecular formula is C22H27FN2O4. The van der Waals surface area contributed by atoms with Crippen LogP contribution in [0.25, 0.3) is 0 Å². The minimum Gasteiger partial charge on any atom is -0.394 e. The number of halogens is 1. The van der Waals surface area contributed by atoms with Crippen molar-refractivity contribution in [2.75, 3.05) is 26.7 Å². The SMILES string of the molecule is CN(CCc1ccccc1)[C@@H]1[C@H](O)[C@H](CO)O[C@@H]1CNC(=O)c1cccc(F)c1. The molecule has 1 aliphatic heterocycles. The molecule has 0 aliphatic carbocycles. The zero-order chi connectivity index (χ0) is 20.8. The van der Waals surface area contributed by atoms with Gasteiger partial charge < -0.3 is 20.3 Å². The van der Waals surface area contributed by atoms with Crippen LogP contribution >= 0.6 is 0 Å². The second-order valence-electron chi connectivity index (χ2n) is 7.31. The quantitative estimate of drug-likeness (QED) is 0.619. The average molecular weight is 402 g/mol. The molecule has 0 spiro atoms. The average Bonchev–Trinajstić information content (AvgIpc) is 3.06. The summed E-state index contributed by atoms with van der Waals surface area (Å²) in [5, 5.41) is 22.9. The molecule has 0 unspecified atom stereocenters. The monoisotopic (exact) mass is 402 g/mol. The topological polar surface area (TPSA) is 82.0 Å². The number of hydrogen-bond donors (Lipinski definition) is 3. The third-order valence-electron chi connectivity index (χ3n) is 5.30. The van der Waals surface area contributed by atoms with Gasteiger partial charge in [-0.25, -0.2) is 4.39 Å². The maximum atomic E-state index is 13.3. The van der Waals surface area contributed by atoms with Gasteiger partial charge in [-0.3, -0.25) is 9.69 Å². The highest BCUT2D eigenvalue weighted by Crippen LogP contribution is 2.25. The molecule has 29 heavy (non-hydrogen) atoms. The summed E-state index contributed by atoms with van der Waals surface area (Å²) in [6.45, 7) is 0.517. The molecule has 4 atom stereocenters. The van der Waals surface area contributed by atoms with E-state index in [0.29, 0.717) is 6.54 Å². The first-order valence-corrected chi connectivity index (χ1v) is 9.72. The lowest BCUT2D eigenvalue weighted by molar-refractivity contribution is -0.0209. The molecule has 2 aromatic rings. The molecule has 156 valence electrons. The van der Waals surface area contributed by atoms with Crippen LogP contribution in [-0.4, -0.2) is 72.1 Å². The van der Waals surface area contributed by atoms with E-state index in [9.17, 15) is 19.4 Å². The number of hydrogen-bond acceptors (Lipinski definition) is 5. The second-order valence-corrected chi connectivity index (χ2v) is 7.31. The third kappa shape index (κ3) is 5.39. The van der Waals surface area contributed by atoms with Crippen LogP contribution in [0.5, 0.6) is 0 Å². The van der Waals surface area contributed by atoms with Crippen molar-refractivity contribution >= 4 is 5.91 Å². The van der Waals surface area contributed by atoms with Crippen molar-refractivity contribution < 1.29 is 24.1 Å². The number of carbonyl (C=O) groups is 1. The van der Waals surface area contributed by atoms with E-state index in [-0.39, 0.29) is 24.8 Å². The van der Waals surface area contributed by atoms with Gasteiger partial charge in [0.15, 0.2) is 0 Å². The van der Waals surface area contributed by atoms with E-state index in [2.05, 4.69) is 5.32 Å². The Morgan fingerprint density at radius 3 is 2.62 bits per heavy atom. The Bertz CT molecular complexity index is 804. The molecule has 0 saturated carbocycles. The molecule has 0 bridgehead atoms. The van der Waals surface area contributed by atoms with Gasteiger partial charge in [-0.1, -0.05) is 36.4 Å². The van der Waals surface area contributed by atoms with Crippen molar-refractivity contribution in [2.24, 2.45) is 0 Å². The van der Waals surface area contributed by atoms with Crippen molar-refractivity contribution in [3.8, 4) is 0 Å². The molecule has 7 heteroatoms. The minimum atomic E-state index is -0.878. The fourth-order valence-electron chi connectivity index (χ4n) is 3.71. The first-order valence-electron chi connectivity index (χ1n) is 9.72. The van der Waals surface area contributed by atoms with E-state index in [0.717, 1.165) is 6.42 Å². The Morgan fingerprint density at radius 1 is 1.17 bits per heavy atom. The molecule has 1 saturated heterocycles. The van der Waals surface area contributed by atoms with Gasteiger partial charge in [0.1, 0.15) is 18.0 Å². The Kier molecular flexibility index (Phi) is 7.33. The number of aliphatic hydroxyl groups is 2. The van der Waals surface area contributed by atoms with Crippen LogP contribution in [0, 0.1) is 5.82 Å². The van der Waals surface area contributed by atoms with E-state index in [1.54, 1.807) is 0 Å². The van der Waals surface area contributed by atoms with E-state index in [4.69, 9.17) is 4.74 Å². The van der Waals surface area contributed by atoms with Gasteiger partial charge in [-0.2, -0.15) is 0 Å². The summed E-state index contributed by atoms with van der Waals surface area (Å²) in [6.07, 6.45) is -1.29. The van der Waals surface area contributed by atoms with Gasteiger partial charge in [0.05, 0.1) is 18.8 Å². The van der Waals surface area contributed by atoms with Crippen LogP contribution in [0.1, 0.15) is 15.9 Å². The molecule has 1 fully saturated rings. The fraction of sp³-hybridized carbons (Fsp3) is 0.409. The van der Waals surface area contributed by atoms with Crippen LogP contribution in [-0.2, 0) is 11.2 Å². The highest BCUT2D eigenvalue weighted by Gasteiger charge is 2.45. The summed E-state index contributed by atoms with van der Waals surface area (Å²) < 4.78 is 19.1. The predicted octanol–water partition coefficient (Wildman–Crippen LogP) is 1.22. The summed E-state index contributed by atoms with van der Waals surface area (Å²) in [4.78, 5) is 14.3. The van der Waals surface area contributed by atoms with Crippen molar-refractivity contribution in [1.29, 1.82) is 0 Å². The van der Waals surface area contributed by atoms with Gasteiger partial charge in [-0.05, 0) is 37.2 Å². The van der Waals surface area contributed by atoms with Crippen LogP contribution in [0.15, 0.2) is 54.6 Å². The lowest BCUT2D eigenvalue weighted by Crippen LogP contribution is -2.50. The largest absolute Gasteiger partial charge is 0.394 e. The lowest BCUT2D eigenvalue weighted by atomic mass is 10.0. The van der Waals surface area contributed by atoms with Crippen LogP contribution < -0.4 is 5.32 Å². The predicted molar refractivity (Wildman–Crippen MR) is 107 cm³/mol. The van der Waals surface area contributed by atoms with Crippen molar-refractivity contribution in [1.82, 2.24) is 10.2 Å². The summed E-state index contributed by atoms with van der Waals surface area (Å²) in [6, 6.07) is 15.1. The smallest absolute Gasteiger partial charge is 0.251 e. The van der Waals surface area contributed by atoms with E-state index >= 15 is 0 Å². The standard InChI is InChI=1S/C22H27FN2O4/c1-25(11-10-15-6-3-2-4-7-15)20-18(29-19(14-26)21(20)27)13-24-22(28)16-8-5-9-17(23)12-16/h2-9,12,18-21,26-27H,10-11,13-14H2,1H3,(H,24,28)/t18-,19+,20+,21-/m1/s1. The number of rotatable bonds is 8. The summed E-state index contributed by atoms with van der Waals surface area (Å²) in [5.41, 5.74) is 1.40. The fourth-order valence-corrected chi connectivity index (χ4v) is 3.71. The molecule has 1 aliphatic rings. The number of carbonyl (C=O) groups excluding carboxylic acids is 1. The third-order valence-corrected chi connectivity index (χ3v) is 5.30. The Balaban J connectivity index is 1.62. The highest BCUT2D eigenvalue weighted by atomic mass is 19.1. The highest BCUT2D eigenvalue weighted by molar-refractivity contribution is 5.94. The Labute approximate surface area is 169 Å². The molecule has 1 amide bonds. The number of ether oxygens (including phenoxy) is 1. The summed E-state index contributed by atoms with van der Waals surface area (Å²) >= 11 is 0. The summed E-state index contributed by atoms with van der Waals surface area (Å²) in [5.74, 6) is -0.898. The molecule has 2 aromatic carbocycles. The van der Waals surface area contributed by atoms with Gasteiger partial charge in [0.2, 0.25) is 0 Å². The Morgan fingerprint density at radius 2 is 1.93 bits per heavy atom. The maximum Gasteiger partial charge on any atom is 0.251 e. The molecule has 3 rings (SSSR count). The number of nitrogens with one attached hydrogen (secondary N) is 1. The van der Waals surface area contributed by atoms with Gasteiger partial charge in [0.25, 0.3) is 5.91 Å². The maximum absolute atomic E-state index is 13.3. The molecule has 0 radical (unpaired) electrons. The normalized spacial score (nSPS) is 24.0. The summed E-state index contributed by atoms with van der Waals surface area (Å²) in [7, 11) is 1.89. The number of aliphatic hydroxyl groups excluding tert-OH is 2. The van der Waals surface area contributed by atoms with E-state index in [1.165, 1.54) is 29.8 Å².